The van der Waals surface area contributed by atoms with Gasteiger partial charge in [0.15, 0.2) is 0 Å². The number of hydrogen-bond donors (Lipinski definition) is 0. The number of nitrogens with zero attached hydrogens (tertiary/aromatic N) is 3. The van der Waals surface area contributed by atoms with Crippen molar-refractivity contribution >= 4 is 65.4 Å². The molecule has 7 aromatic carbocycles. The quantitative estimate of drug-likeness (QED) is 0.149. The summed E-state index contributed by atoms with van der Waals surface area (Å²) in [5.74, 6) is 0. The van der Waals surface area contributed by atoms with E-state index < -0.39 is 0 Å². The number of benzene rings is 7. The molecule has 0 saturated heterocycles. The Hall–Kier alpha value is -6.06. The molecule has 3 heterocycles. The van der Waals surface area contributed by atoms with Crippen LogP contribution in [-0.2, 0) is 21.1 Å². The number of fused-ring (bicyclic) bond motifs is 9. The summed E-state index contributed by atoms with van der Waals surface area (Å²) in [5, 5.41) is 8.12. The average Bonchev–Trinajstić information content (AvgIpc) is 3.82. The molecule has 10 aromatic rings. The molecule has 3 aromatic heterocycles. The molecule has 0 aliphatic heterocycles. The number of aromatic nitrogens is 3. The van der Waals surface area contributed by atoms with Gasteiger partial charge in [0.1, 0.15) is 0 Å². The number of aryl methyl sites for hydroxylation is 5. The molecule has 0 N–H and O–H groups in total. The lowest BCUT2D eigenvalue weighted by atomic mass is 10.1. The minimum Gasteiger partial charge on any atom is -0.344 e. The third-order valence-electron chi connectivity index (χ3n) is 9.70. The average molecular weight is 710 g/mol. The molecule has 3 nitrogen and oxygen atoms in total. The second-order valence-electron chi connectivity index (χ2n) is 12.9. The van der Waals surface area contributed by atoms with E-state index in [1.807, 2.05) is 64.1 Å². The largest absolute Gasteiger partial charge is 0.344 e. The van der Waals surface area contributed by atoms with Gasteiger partial charge in [0, 0.05) is 86.6 Å². The van der Waals surface area contributed by atoms with Crippen LogP contribution in [-0.4, -0.2) is 13.7 Å². The second kappa shape index (κ2) is 18.6. The maximum Gasteiger partial charge on any atom is 0.0491 e. The van der Waals surface area contributed by atoms with Crippen LogP contribution in [0.15, 0.2) is 170 Å². The summed E-state index contributed by atoms with van der Waals surface area (Å²) in [6.07, 6.45) is 0. The standard InChI is InChI=1S/2C14H13N.C13H11N.C6H6.2C2H6/c1-10-6-5-9-13-14(10)11-7-3-4-8-12(11)15(13)2;1-10-7-8-14-12(9-10)11-5-3-4-6-13(11)15(14)2;1-14-12-8-4-2-6-10(12)11-7-3-5-9-13(11)14;1-2-4-6-5-3-1;2*1-2/h2*3-9H,1-2H3;2-9H,1H3;1-6H;2*1-2H3. The maximum absolute atomic E-state index is 2.26. The van der Waals surface area contributed by atoms with Crippen molar-refractivity contribution < 1.29 is 0 Å². The van der Waals surface area contributed by atoms with Crippen molar-refractivity contribution in [3.63, 3.8) is 0 Å². The number of para-hydroxylation sites is 4. The van der Waals surface area contributed by atoms with E-state index in [1.165, 1.54) is 76.5 Å². The zero-order valence-electron chi connectivity index (χ0n) is 33.5. The first-order valence-corrected chi connectivity index (χ1v) is 19.2. The van der Waals surface area contributed by atoms with Crippen LogP contribution in [0.3, 0.4) is 0 Å². The van der Waals surface area contributed by atoms with E-state index in [4.69, 9.17) is 0 Å². The molecule has 54 heavy (non-hydrogen) atoms. The molecule has 0 radical (unpaired) electrons. The highest BCUT2D eigenvalue weighted by atomic mass is 14.9. The fraction of sp³-hybridized carbons (Fsp3) is 0.176. The third kappa shape index (κ3) is 8.11. The van der Waals surface area contributed by atoms with Gasteiger partial charge in [-0.3, -0.25) is 0 Å². The minimum atomic E-state index is 1.30. The Balaban J connectivity index is 0.000000139. The van der Waals surface area contributed by atoms with Crippen LogP contribution in [0.2, 0.25) is 0 Å². The van der Waals surface area contributed by atoms with Gasteiger partial charge in [-0.05, 0) is 61.9 Å². The van der Waals surface area contributed by atoms with Crippen molar-refractivity contribution in [2.75, 3.05) is 0 Å². The maximum atomic E-state index is 2.26. The Kier molecular flexibility index (Phi) is 13.5. The third-order valence-corrected chi connectivity index (χ3v) is 9.70. The molecule has 0 amide bonds. The predicted octanol–water partition coefficient (Wildman–Crippen LogP) is 14.4. The first-order chi connectivity index (χ1) is 26.4. The van der Waals surface area contributed by atoms with Gasteiger partial charge in [-0.2, -0.15) is 0 Å². The van der Waals surface area contributed by atoms with Crippen LogP contribution in [0.5, 0.6) is 0 Å². The molecule has 0 atom stereocenters. The Morgan fingerprint density at radius 3 is 1.09 bits per heavy atom. The minimum absolute atomic E-state index is 1.30. The predicted molar refractivity (Wildman–Crippen MR) is 240 cm³/mol. The van der Waals surface area contributed by atoms with Crippen LogP contribution in [0.1, 0.15) is 38.8 Å². The fourth-order valence-electron chi connectivity index (χ4n) is 7.17. The monoisotopic (exact) mass is 709 g/mol. The van der Waals surface area contributed by atoms with E-state index >= 15 is 0 Å². The van der Waals surface area contributed by atoms with E-state index in [0.29, 0.717) is 0 Å². The van der Waals surface area contributed by atoms with Crippen LogP contribution in [0.25, 0.3) is 65.4 Å². The molecule has 0 unspecified atom stereocenters. The second-order valence-corrected chi connectivity index (χ2v) is 12.9. The Labute approximate surface area is 321 Å². The van der Waals surface area contributed by atoms with Gasteiger partial charge in [0.2, 0.25) is 0 Å². The highest BCUT2D eigenvalue weighted by Gasteiger charge is 2.09. The van der Waals surface area contributed by atoms with Gasteiger partial charge in [0.25, 0.3) is 0 Å². The molecular formula is C51H55N3. The summed E-state index contributed by atoms with van der Waals surface area (Å²) in [4.78, 5) is 0. The van der Waals surface area contributed by atoms with Gasteiger partial charge < -0.3 is 13.7 Å². The fourth-order valence-corrected chi connectivity index (χ4v) is 7.17. The first kappa shape index (κ1) is 39.2. The highest BCUT2D eigenvalue weighted by molar-refractivity contribution is 6.10. The molecule has 274 valence electrons. The normalized spacial score (nSPS) is 10.3. The van der Waals surface area contributed by atoms with Gasteiger partial charge in [-0.1, -0.05) is 161 Å². The van der Waals surface area contributed by atoms with Crippen LogP contribution >= 0.6 is 0 Å². The lowest BCUT2D eigenvalue weighted by Gasteiger charge is -1.97. The summed E-state index contributed by atoms with van der Waals surface area (Å²) in [6, 6.07) is 59.3. The van der Waals surface area contributed by atoms with E-state index in [9.17, 15) is 0 Å². The zero-order valence-corrected chi connectivity index (χ0v) is 33.5. The van der Waals surface area contributed by atoms with Crippen molar-refractivity contribution in [2.24, 2.45) is 21.1 Å². The molecular weight excluding hydrogens is 655 g/mol. The van der Waals surface area contributed by atoms with Gasteiger partial charge in [0.05, 0.1) is 0 Å². The highest BCUT2D eigenvalue weighted by Crippen LogP contribution is 2.31. The molecule has 10 rings (SSSR count). The summed E-state index contributed by atoms with van der Waals surface area (Å²) in [7, 11) is 6.37. The van der Waals surface area contributed by atoms with Gasteiger partial charge >= 0.3 is 0 Å². The van der Waals surface area contributed by atoms with E-state index in [0.717, 1.165) is 0 Å². The van der Waals surface area contributed by atoms with E-state index in [2.05, 4.69) is 182 Å². The van der Waals surface area contributed by atoms with Crippen molar-refractivity contribution in [1.82, 2.24) is 13.7 Å². The molecule has 3 heteroatoms. The lowest BCUT2D eigenvalue weighted by molar-refractivity contribution is 1.01. The molecule has 0 spiro atoms. The smallest absolute Gasteiger partial charge is 0.0491 e. The van der Waals surface area contributed by atoms with Gasteiger partial charge in [-0.15, -0.1) is 0 Å². The molecule has 0 bridgehead atoms. The van der Waals surface area contributed by atoms with Crippen LogP contribution in [0, 0.1) is 13.8 Å². The van der Waals surface area contributed by atoms with E-state index in [-0.39, 0.29) is 0 Å². The number of hydrogen-bond acceptors (Lipinski definition) is 0. The van der Waals surface area contributed by atoms with Crippen molar-refractivity contribution in [1.29, 1.82) is 0 Å². The summed E-state index contributed by atoms with van der Waals surface area (Å²) >= 11 is 0. The Bertz CT molecular complexity index is 2620. The molecule has 0 saturated carbocycles. The van der Waals surface area contributed by atoms with Crippen molar-refractivity contribution in [3.05, 3.63) is 181 Å². The SMILES string of the molecule is CC.CC.Cc1ccc2c(c1)c1ccccc1n2C.Cc1cccc2c1c1ccccc1n2C.Cn1c2ccccc2c2ccccc21.c1ccccc1. The first-order valence-electron chi connectivity index (χ1n) is 19.2. The van der Waals surface area contributed by atoms with Gasteiger partial charge in [-0.25, -0.2) is 0 Å². The Morgan fingerprint density at radius 2 is 0.630 bits per heavy atom. The molecule has 0 aliphatic rings. The van der Waals surface area contributed by atoms with Crippen molar-refractivity contribution in [3.8, 4) is 0 Å². The molecule has 0 aliphatic carbocycles. The van der Waals surface area contributed by atoms with Crippen LogP contribution < -0.4 is 0 Å². The van der Waals surface area contributed by atoms with Crippen LogP contribution in [0.4, 0.5) is 0 Å². The Morgan fingerprint density at radius 1 is 0.296 bits per heavy atom. The van der Waals surface area contributed by atoms with E-state index in [1.54, 1.807) is 0 Å². The summed E-state index contributed by atoms with van der Waals surface area (Å²) in [6.45, 7) is 12.3. The zero-order chi connectivity index (χ0) is 38.6. The number of rotatable bonds is 0. The topological polar surface area (TPSA) is 14.8 Å². The van der Waals surface area contributed by atoms with Crippen molar-refractivity contribution in [2.45, 2.75) is 41.5 Å². The lowest BCUT2D eigenvalue weighted by Crippen LogP contribution is -1.85. The molecule has 0 fully saturated rings. The summed E-state index contributed by atoms with van der Waals surface area (Å²) < 4.78 is 6.76. The summed E-state index contributed by atoms with van der Waals surface area (Å²) in [5.41, 5.74) is 10.5.